The Morgan fingerprint density at radius 3 is 2.90 bits per heavy atom. The Balaban J connectivity index is 1.91. The lowest BCUT2D eigenvalue weighted by Crippen LogP contribution is -2.31. The molecule has 1 heterocycles. The monoisotopic (exact) mass is 272 g/mol. The van der Waals surface area contributed by atoms with Crippen LogP contribution in [0.1, 0.15) is 31.7 Å². The molecule has 1 aromatic carbocycles. The minimum absolute atomic E-state index is 0.107. The maximum Gasteiger partial charge on any atom is 0.219 e. The number of aromatic nitrogens is 1. The van der Waals surface area contributed by atoms with E-state index >= 15 is 0 Å². The van der Waals surface area contributed by atoms with Crippen LogP contribution < -0.4 is 10.1 Å². The second kappa shape index (κ2) is 4.85. The summed E-state index contributed by atoms with van der Waals surface area (Å²) in [5.41, 5.74) is 2.52. The molecule has 2 N–H and O–H groups in total. The van der Waals surface area contributed by atoms with Crippen LogP contribution in [-0.4, -0.2) is 24.5 Å². The molecule has 0 bridgehead atoms. The van der Waals surface area contributed by atoms with Gasteiger partial charge in [0.1, 0.15) is 5.75 Å². The van der Waals surface area contributed by atoms with E-state index in [4.69, 9.17) is 4.74 Å². The number of carbonyl (C=O) groups excluding carboxylic acids is 1. The van der Waals surface area contributed by atoms with Gasteiger partial charge in [0.15, 0.2) is 0 Å². The van der Waals surface area contributed by atoms with E-state index in [0.717, 1.165) is 30.7 Å². The van der Waals surface area contributed by atoms with Crippen molar-refractivity contribution in [1.29, 1.82) is 0 Å². The van der Waals surface area contributed by atoms with Gasteiger partial charge in [0.2, 0.25) is 5.91 Å². The third kappa shape index (κ3) is 2.15. The minimum Gasteiger partial charge on any atom is -0.497 e. The highest BCUT2D eigenvalue weighted by atomic mass is 16.5. The molecule has 1 aliphatic carbocycles. The Morgan fingerprint density at radius 1 is 1.45 bits per heavy atom. The van der Waals surface area contributed by atoms with Crippen LogP contribution >= 0.6 is 0 Å². The summed E-state index contributed by atoms with van der Waals surface area (Å²) < 4.78 is 5.31. The Kier molecular flexibility index (Phi) is 3.16. The summed E-state index contributed by atoms with van der Waals surface area (Å²) >= 11 is 0. The molecule has 1 fully saturated rings. The summed E-state index contributed by atoms with van der Waals surface area (Å²) in [5.74, 6) is 0.987. The van der Waals surface area contributed by atoms with Gasteiger partial charge < -0.3 is 15.0 Å². The van der Waals surface area contributed by atoms with Crippen molar-refractivity contribution in [3.05, 3.63) is 30.0 Å². The lowest BCUT2D eigenvalue weighted by atomic mass is 9.95. The molecule has 4 heteroatoms. The van der Waals surface area contributed by atoms with Crippen molar-refractivity contribution in [2.75, 3.05) is 13.7 Å². The maximum absolute atomic E-state index is 11.5. The number of methoxy groups -OCH3 is 1. The number of fused-ring (bicyclic) bond motifs is 1. The molecule has 106 valence electrons. The fourth-order valence-electron chi connectivity index (χ4n) is 2.75. The number of carbonyl (C=O) groups is 1. The Morgan fingerprint density at radius 2 is 2.25 bits per heavy atom. The van der Waals surface area contributed by atoms with Gasteiger partial charge in [-0.2, -0.15) is 0 Å². The molecule has 0 spiro atoms. The molecular weight excluding hydrogens is 252 g/mol. The Labute approximate surface area is 118 Å². The fourth-order valence-corrected chi connectivity index (χ4v) is 2.75. The second-order valence-electron chi connectivity index (χ2n) is 5.52. The highest BCUT2D eigenvalue weighted by Gasteiger charge is 2.45. The third-order valence-corrected chi connectivity index (χ3v) is 4.26. The van der Waals surface area contributed by atoms with Gasteiger partial charge in [0.05, 0.1) is 7.11 Å². The first-order valence-electron chi connectivity index (χ1n) is 7.11. The van der Waals surface area contributed by atoms with Crippen molar-refractivity contribution in [2.45, 2.75) is 31.6 Å². The van der Waals surface area contributed by atoms with Crippen molar-refractivity contribution in [3.8, 4) is 5.75 Å². The van der Waals surface area contributed by atoms with Crippen LogP contribution in [0.4, 0.5) is 0 Å². The van der Waals surface area contributed by atoms with Crippen molar-refractivity contribution in [1.82, 2.24) is 10.3 Å². The average molecular weight is 272 g/mol. The van der Waals surface area contributed by atoms with E-state index in [1.165, 1.54) is 10.9 Å². The van der Waals surface area contributed by atoms with E-state index in [1.54, 1.807) is 7.11 Å². The van der Waals surface area contributed by atoms with Crippen LogP contribution in [0, 0.1) is 0 Å². The van der Waals surface area contributed by atoms with Crippen molar-refractivity contribution < 1.29 is 9.53 Å². The van der Waals surface area contributed by atoms with Crippen molar-refractivity contribution in [2.24, 2.45) is 0 Å². The van der Waals surface area contributed by atoms with Gasteiger partial charge in [0, 0.05) is 35.5 Å². The molecular formula is C16H20N2O2. The van der Waals surface area contributed by atoms with Crippen molar-refractivity contribution in [3.63, 3.8) is 0 Å². The smallest absolute Gasteiger partial charge is 0.219 e. The predicted molar refractivity (Wildman–Crippen MR) is 79.1 cm³/mol. The molecule has 0 unspecified atom stereocenters. The summed E-state index contributed by atoms with van der Waals surface area (Å²) in [4.78, 5) is 14.8. The molecule has 0 aliphatic heterocycles. The Bertz CT molecular complexity index is 641. The predicted octanol–water partition coefficient (Wildman–Crippen LogP) is 2.73. The molecule has 1 aliphatic rings. The number of hydrogen-bond donors (Lipinski definition) is 2. The van der Waals surface area contributed by atoms with E-state index in [2.05, 4.69) is 22.6 Å². The molecule has 1 saturated carbocycles. The van der Waals surface area contributed by atoms with Gasteiger partial charge >= 0.3 is 0 Å². The maximum atomic E-state index is 11.5. The highest BCUT2D eigenvalue weighted by molar-refractivity contribution is 5.86. The number of rotatable bonds is 5. The number of benzene rings is 1. The van der Waals surface area contributed by atoms with Gasteiger partial charge in [0.25, 0.3) is 0 Å². The summed E-state index contributed by atoms with van der Waals surface area (Å²) in [6.45, 7) is 2.61. The quantitative estimate of drug-likeness (QED) is 0.879. The number of nitrogens with one attached hydrogen (secondary N) is 2. The largest absolute Gasteiger partial charge is 0.497 e. The summed E-state index contributed by atoms with van der Waals surface area (Å²) in [6.07, 6.45) is 4.87. The first kappa shape index (κ1) is 13.0. The molecule has 1 aromatic heterocycles. The zero-order valence-corrected chi connectivity index (χ0v) is 12.0. The van der Waals surface area contributed by atoms with Crippen molar-refractivity contribution >= 4 is 16.8 Å². The summed E-state index contributed by atoms with van der Waals surface area (Å²) in [5, 5.41) is 4.23. The normalized spacial score (nSPS) is 16.1. The molecule has 2 aromatic rings. The first-order valence-corrected chi connectivity index (χ1v) is 7.11. The van der Waals surface area contributed by atoms with Crippen LogP contribution in [0.25, 0.3) is 10.9 Å². The number of amides is 1. The minimum atomic E-state index is 0.107. The lowest BCUT2D eigenvalue weighted by molar-refractivity contribution is -0.120. The molecule has 0 atom stereocenters. The Hall–Kier alpha value is -1.97. The second-order valence-corrected chi connectivity index (χ2v) is 5.52. The third-order valence-electron chi connectivity index (χ3n) is 4.26. The number of hydrogen-bond acceptors (Lipinski definition) is 2. The van der Waals surface area contributed by atoms with Gasteiger partial charge in [-0.25, -0.2) is 0 Å². The topological polar surface area (TPSA) is 54.1 Å². The van der Waals surface area contributed by atoms with Crippen LogP contribution in [0.5, 0.6) is 5.75 Å². The van der Waals surface area contributed by atoms with Crippen LogP contribution in [0.3, 0.4) is 0 Å². The van der Waals surface area contributed by atoms with E-state index in [-0.39, 0.29) is 11.3 Å². The lowest BCUT2D eigenvalue weighted by Gasteiger charge is -2.15. The SMILES string of the molecule is CCC(=O)NCC1(c2c[nH]c3ccc(OC)cc23)CC1. The molecule has 3 rings (SSSR count). The number of H-pyrrole nitrogens is 1. The molecule has 4 nitrogen and oxygen atoms in total. The van der Waals surface area contributed by atoms with E-state index < -0.39 is 0 Å². The van der Waals surface area contributed by atoms with Crippen LogP contribution in [-0.2, 0) is 10.2 Å². The van der Waals surface area contributed by atoms with Gasteiger partial charge in [-0.3, -0.25) is 4.79 Å². The van der Waals surface area contributed by atoms with Crippen LogP contribution in [0.2, 0.25) is 0 Å². The van der Waals surface area contributed by atoms with E-state index in [9.17, 15) is 4.79 Å². The number of aromatic amines is 1. The number of ether oxygens (including phenoxy) is 1. The van der Waals surface area contributed by atoms with Crippen LogP contribution in [0.15, 0.2) is 24.4 Å². The molecule has 0 radical (unpaired) electrons. The highest BCUT2D eigenvalue weighted by Crippen LogP contribution is 2.50. The summed E-state index contributed by atoms with van der Waals surface area (Å²) in [6, 6.07) is 6.07. The zero-order valence-electron chi connectivity index (χ0n) is 12.0. The summed E-state index contributed by atoms with van der Waals surface area (Å²) in [7, 11) is 1.68. The molecule has 20 heavy (non-hydrogen) atoms. The van der Waals surface area contributed by atoms with Gasteiger partial charge in [-0.15, -0.1) is 0 Å². The van der Waals surface area contributed by atoms with E-state index in [1.807, 2.05) is 19.1 Å². The zero-order chi connectivity index (χ0) is 14.2. The molecule has 0 saturated heterocycles. The van der Waals surface area contributed by atoms with E-state index in [0.29, 0.717) is 6.42 Å². The van der Waals surface area contributed by atoms with Gasteiger partial charge in [-0.1, -0.05) is 6.92 Å². The standard InChI is InChI=1S/C16H20N2O2/c1-3-15(19)18-10-16(6-7-16)13-9-17-14-5-4-11(20-2)8-12(13)14/h4-5,8-9,17H,3,6-7,10H2,1-2H3,(H,18,19). The van der Waals surface area contributed by atoms with Gasteiger partial charge in [-0.05, 0) is 36.6 Å². The average Bonchev–Trinajstić information content (AvgIpc) is 3.15. The first-order chi connectivity index (χ1) is 9.68. The fraction of sp³-hybridized carbons (Fsp3) is 0.438. The molecule has 1 amide bonds.